The van der Waals surface area contributed by atoms with Crippen molar-refractivity contribution in [2.45, 2.75) is 18.8 Å². The van der Waals surface area contributed by atoms with Gasteiger partial charge in [0, 0.05) is 25.8 Å². The Morgan fingerprint density at radius 1 is 1.03 bits per heavy atom. The molecule has 1 saturated heterocycles. The fourth-order valence-electron chi connectivity index (χ4n) is 4.32. The number of hydrogen-bond donors (Lipinski definition) is 1. The molecular weight excluding hydrogens is 362 g/mol. The topological polar surface area (TPSA) is 63.1 Å². The van der Waals surface area contributed by atoms with E-state index in [0.717, 1.165) is 42.7 Å². The van der Waals surface area contributed by atoms with Gasteiger partial charge in [0.05, 0.1) is 5.52 Å². The second-order valence-corrected chi connectivity index (χ2v) is 7.68. The number of nitrogens with zero attached hydrogens (tertiary/aromatic N) is 4. The van der Waals surface area contributed by atoms with Gasteiger partial charge >= 0.3 is 6.03 Å². The van der Waals surface area contributed by atoms with Gasteiger partial charge in [0.2, 0.25) is 0 Å². The number of aromatic nitrogens is 3. The average Bonchev–Trinajstić information content (AvgIpc) is 3.13. The molecule has 1 N–H and O–H groups in total. The largest absolute Gasteiger partial charge is 0.324 e. The minimum Gasteiger partial charge on any atom is -0.324 e. The van der Waals surface area contributed by atoms with E-state index in [4.69, 9.17) is 0 Å². The second-order valence-electron chi connectivity index (χ2n) is 7.68. The van der Waals surface area contributed by atoms with E-state index in [1.54, 1.807) is 4.68 Å². The van der Waals surface area contributed by atoms with Crippen LogP contribution in [-0.2, 0) is 7.05 Å². The number of likely N-dealkylation sites (tertiary alicyclic amines) is 1. The Morgan fingerprint density at radius 2 is 1.83 bits per heavy atom. The molecule has 0 saturated carbocycles. The van der Waals surface area contributed by atoms with Gasteiger partial charge in [0.1, 0.15) is 5.52 Å². The number of carbonyl (C=O) groups is 1. The van der Waals surface area contributed by atoms with Crippen LogP contribution < -0.4 is 5.32 Å². The Hall–Kier alpha value is -3.41. The van der Waals surface area contributed by atoms with E-state index in [2.05, 4.69) is 58.1 Å². The van der Waals surface area contributed by atoms with Gasteiger partial charge in [0.25, 0.3) is 0 Å². The molecule has 1 aliphatic heterocycles. The first-order valence-electron chi connectivity index (χ1n) is 10.0. The highest BCUT2D eigenvalue weighted by Gasteiger charge is 2.25. The molecule has 29 heavy (non-hydrogen) atoms. The van der Waals surface area contributed by atoms with E-state index in [-0.39, 0.29) is 6.03 Å². The Labute approximate surface area is 169 Å². The first-order valence-corrected chi connectivity index (χ1v) is 10.0. The van der Waals surface area contributed by atoms with Crippen molar-refractivity contribution in [2.24, 2.45) is 7.05 Å². The molecule has 5 rings (SSSR count). The Morgan fingerprint density at radius 3 is 2.69 bits per heavy atom. The summed E-state index contributed by atoms with van der Waals surface area (Å²) in [7, 11) is 1.85. The lowest BCUT2D eigenvalue weighted by Crippen LogP contribution is -2.40. The number of nitrogens with one attached hydrogen (secondary N) is 1. The summed E-state index contributed by atoms with van der Waals surface area (Å²) >= 11 is 0. The Balaban J connectivity index is 1.26. The van der Waals surface area contributed by atoms with Crippen LogP contribution in [0.3, 0.4) is 0 Å². The number of benzene rings is 3. The fraction of sp³-hybridized carbons (Fsp3) is 0.261. The molecule has 1 aliphatic rings. The number of anilines is 1. The van der Waals surface area contributed by atoms with E-state index < -0.39 is 0 Å². The molecule has 146 valence electrons. The zero-order valence-electron chi connectivity index (χ0n) is 16.4. The van der Waals surface area contributed by atoms with E-state index in [9.17, 15) is 4.79 Å². The van der Waals surface area contributed by atoms with E-state index in [1.165, 1.54) is 16.3 Å². The summed E-state index contributed by atoms with van der Waals surface area (Å²) in [6.45, 7) is 1.51. The lowest BCUT2D eigenvalue weighted by atomic mass is 9.86. The van der Waals surface area contributed by atoms with Crippen LogP contribution >= 0.6 is 0 Å². The third-order valence-electron chi connectivity index (χ3n) is 5.91. The normalized spacial score (nSPS) is 15.1. The lowest BCUT2D eigenvalue weighted by Gasteiger charge is -2.32. The molecule has 3 aromatic carbocycles. The number of aryl methyl sites for hydroxylation is 1. The smallest absolute Gasteiger partial charge is 0.321 e. The average molecular weight is 385 g/mol. The SMILES string of the molecule is Cn1nnc2cc(NC(=O)N3CCC(c4cccc5ccccc45)CC3)ccc21. The van der Waals surface area contributed by atoms with Gasteiger partial charge in [-0.1, -0.05) is 47.7 Å². The van der Waals surface area contributed by atoms with Gasteiger partial charge in [-0.05, 0) is 53.3 Å². The highest BCUT2D eigenvalue weighted by Crippen LogP contribution is 2.33. The monoisotopic (exact) mass is 385 g/mol. The van der Waals surface area contributed by atoms with Crippen LogP contribution in [-0.4, -0.2) is 39.0 Å². The van der Waals surface area contributed by atoms with Crippen LogP contribution in [0.1, 0.15) is 24.3 Å². The number of piperidine rings is 1. The summed E-state index contributed by atoms with van der Waals surface area (Å²) in [5.41, 5.74) is 3.87. The summed E-state index contributed by atoms with van der Waals surface area (Å²) < 4.78 is 1.72. The molecule has 0 radical (unpaired) electrons. The maximum Gasteiger partial charge on any atom is 0.321 e. The van der Waals surface area contributed by atoms with Crippen LogP contribution in [0, 0.1) is 0 Å². The van der Waals surface area contributed by atoms with Crippen molar-refractivity contribution < 1.29 is 4.79 Å². The van der Waals surface area contributed by atoms with E-state index in [1.807, 2.05) is 30.1 Å². The molecule has 1 fully saturated rings. The highest BCUT2D eigenvalue weighted by molar-refractivity contribution is 5.92. The third-order valence-corrected chi connectivity index (χ3v) is 5.91. The predicted octanol–water partition coefficient (Wildman–Crippen LogP) is 4.53. The second kappa shape index (κ2) is 7.20. The van der Waals surface area contributed by atoms with Crippen LogP contribution in [0.4, 0.5) is 10.5 Å². The van der Waals surface area contributed by atoms with Crippen molar-refractivity contribution in [3.63, 3.8) is 0 Å². The molecule has 2 heterocycles. The number of urea groups is 1. The minimum absolute atomic E-state index is 0.0513. The summed E-state index contributed by atoms with van der Waals surface area (Å²) in [4.78, 5) is 14.6. The van der Waals surface area contributed by atoms with E-state index in [0.29, 0.717) is 5.92 Å². The summed E-state index contributed by atoms with van der Waals surface area (Å²) in [5, 5.41) is 13.7. The zero-order valence-corrected chi connectivity index (χ0v) is 16.4. The van der Waals surface area contributed by atoms with Gasteiger partial charge in [-0.3, -0.25) is 0 Å². The van der Waals surface area contributed by atoms with Crippen LogP contribution in [0.2, 0.25) is 0 Å². The van der Waals surface area contributed by atoms with Gasteiger partial charge in [-0.25, -0.2) is 9.48 Å². The van der Waals surface area contributed by atoms with Crippen molar-refractivity contribution in [3.05, 3.63) is 66.2 Å². The minimum atomic E-state index is -0.0513. The molecule has 0 atom stereocenters. The van der Waals surface area contributed by atoms with Gasteiger partial charge in [-0.2, -0.15) is 0 Å². The van der Waals surface area contributed by atoms with Gasteiger partial charge in [0.15, 0.2) is 0 Å². The van der Waals surface area contributed by atoms with E-state index >= 15 is 0 Å². The molecule has 0 aliphatic carbocycles. The van der Waals surface area contributed by atoms with Crippen LogP contribution in [0.25, 0.3) is 21.8 Å². The predicted molar refractivity (Wildman–Crippen MR) is 115 cm³/mol. The number of carbonyl (C=O) groups excluding carboxylic acids is 1. The third kappa shape index (κ3) is 3.31. The number of hydrogen-bond acceptors (Lipinski definition) is 3. The van der Waals surface area contributed by atoms with Gasteiger partial charge < -0.3 is 10.2 Å². The summed E-state index contributed by atoms with van der Waals surface area (Å²) in [5.74, 6) is 0.487. The zero-order chi connectivity index (χ0) is 19.8. The molecule has 0 bridgehead atoms. The van der Waals surface area contributed by atoms with Crippen molar-refractivity contribution >= 4 is 33.5 Å². The molecule has 2 amide bonds. The van der Waals surface area contributed by atoms with Crippen LogP contribution in [0.5, 0.6) is 0 Å². The van der Waals surface area contributed by atoms with Crippen molar-refractivity contribution in [2.75, 3.05) is 18.4 Å². The van der Waals surface area contributed by atoms with Crippen molar-refractivity contribution in [3.8, 4) is 0 Å². The molecule has 6 nitrogen and oxygen atoms in total. The van der Waals surface area contributed by atoms with Gasteiger partial charge in [-0.15, -0.1) is 5.10 Å². The standard InChI is InChI=1S/C23H23N5O/c1-27-22-10-9-18(15-21(22)25-26-27)24-23(29)28-13-11-17(12-14-28)20-8-4-6-16-5-2-3-7-19(16)20/h2-10,15,17H,11-14H2,1H3,(H,24,29). The molecule has 0 unspecified atom stereocenters. The molecule has 6 heteroatoms. The maximum atomic E-state index is 12.7. The van der Waals surface area contributed by atoms with Crippen LogP contribution in [0.15, 0.2) is 60.7 Å². The quantitative estimate of drug-likeness (QED) is 0.551. The molecule has 0 spiro atoms. The summed E-state index contributed by atoms with van der Waals surface area (Å²) in [6.07, 6.45) is 1.95. The summed E-state index contributed by atoms with van der Waals surface area (Å²) in [6, 6.07) is 20.7. The molecule has 1 aromatic heterocycles. The Kier molecular flexibility index (Phi) is 4.39. The van der Waals surface area contributed by atoms with Crippen molar-refractivity contribution in [1.82, 2.24) is 19.9 Å². The van der Waals surface area contributed by atoms with Crippen molar-refractivity contribution in [1.29, 1.82) is 0 Å². The highest BCUT2D eigenvalue weighted by atomic mass is 16.2. The number of rotatable bonds is 2. The molecule has 4 aromatic rings. The molecular formula is C23H23N5O. The first kappa shape index (κ1) is 17.7. The maximum absolute atomic E-state index is 12.7. The lowest BCUT2D eigenvalue weighted by molar-refractivity contribution is 0.195. The Bertz CT molecular complexity index is 1190. The number of amides is 2. The number of fused-ring (bicyclic) bond motifs is 2. The fourth-order valence-corrected chi connectivity index (χ4v) is 4.32. The first-order chi connectivity index (χ1) is 14.2.